The highest BCUT2D eigenvalue weighted by Gasteiger charge is 2.38. The van der Waals surface area contributed by atoms with Gasteiger partial charge in [0.15, 0.2) is 5.82 Å². The Morgan fingerprint density at radius 2 is 2.12 bits per heavy atom. The zero-order chi connectivity index (χ0) is 18.5. The molecule has 0 saturated heterocycles. The van der Waals surface area contributed by atoms with Crippen LogP contribution in [0.3, 0.4) is 0 Å². The van der Waals surface area contributed by atoms with Gasteiger partial charge < -0.3 is 10.8 Å². The summed E-state index contributed by atoms with van der Waals surface area (Å²) < 4.78 is 45.6. The number of hydrogen-bond donors (Lipinski definition) is 2. The Hall–Kier alpha value is -1.70. The second-order valence-electron chi connectivity index (χ2n) is 5.18. The summed E-state index contributed by atoms with van der Waals surface area (Å²) >= 11 is 1.33. The fourth-order valence-electron chi connectivity index (χ4n) is 2.11. The number of nitrogens with zero attached hydrogens (tertiary/aromatic N) is 2. The Bertz CT molecular complexity index is 608. The number of halogens is 4. The van der Waals surface area contributed by atoms with Crippen LogP contribution in [0.15, 0.2) is 5.38 Å². The second kappa shape index (κ2) is 8.41. The van der Waals surface area contributed by atoms with Crippen LogP contribution in [0.1, 0.15) is 36.2 Å². The van der Waals surface area contributed by atoms with Crippen molar-refractivity contribution in [2.75, 3.05) is 13.1 Å². The molecule has 0 radical (unpaired) electrons. The van der Waals surface area contributed by atoms with Crippen LogP contribution >= 0.6 is 11.3 Å². The maximum atomic E-state index is 13.9. The van der Waals surface area contributed by atoms with E-state index in [0.29, 0.717) is 17.5 Å². The molecule has 0 amide bonds. The molecule has 0 aromatic carbocycles. The third-order valence-corrected chi connectivity index (χ3v) is 4.53. The van der Waals surface area contributed by atoms with Gasteiger partial charge in [0, 0.05) is 30.6 Å². The summed E-state index contributed by atoms with van der Waals surface area (Å²) in [6, 6.07) is 2.43. The fraction of sp³-hybridized carbons (Fsp3) is 0.571. The van der Waals surface area contributed by atoms with Crippen molar-refractivity contribution in [2.45, 2.75) is 38.0 Å². The molecular formula is C14H17F4N3O2S. The molecule has 24 heavy (non-hydrogen) atoms. The Kier molecular flexibility index (Phi) is 7.13. The van der Waals surface area contributed by atoms with E-state index >= 15 is 0 Å². The molecule has 134 valence electrons. The number of alkyl halides is 3. The van der Waals surface area contributed by atoms with Crippen molar-refractivity contribution in [3.8, 4) is 6.07 Å². The smallest absolute Gasteiger partial charge is 0.475 e. The maximum absolute atomic E-state index is 13.9. The lowest BCUT2D eigenvalue weighted by Gasteiger charge is -2.27. The average Bonchev–Trinajstić information content (AvgIpc) is 3.26. The van der Waals surface area contributed by atoms with Crippen LogP contribution in [0.5, 0.6) is 0 Å². The molecule has 3 N–H and O–H groups in total. The Morgan fingerprint density at radius 3 is 2.46 bits per heavy atom. The zero-order valence-electron chi connectivity index (χ0n) is 12.8. The Labute approximate surface area is 140 Å². The number of aliphatic carboxylic acids is 1. The van der Waals surface area contributed by atoms with E-state index in [1.807, 2.05) is 13.0 Å². The van der Waals surface area contributed by atoms with Gasteiger partial charge in [0.2, 0.25) is 0 Å². The highest BCUT2D eigenvalue weighted by atomic mass is 32.1. The average molecular weight is 367 g/mol. The van der Waals surface area contributed by atoms with Crippen molar-refractivity contribution in [1.29, 1.82) is 5.26 Å². The predicted octanol–water partition coefficient (Wildman–Crippen LogP) is 2.88. The first kappa shape index (κ1) is 20.3. The predicted molar refractivity (Wildman–Crippen MR) is 79.9 cm³/mol. The molecule has 1 aromatic rings. The summed E-state index contributed by atoms with van der Waals surface area (Å²) in [6.45, 7) is 3.36. The molecule has 1 saturated carbocycles. The third kappa shape index (κ3) is 5.43. The molecule has 10 heteroatoms. The molecule has 0 bridgehead atoms. The van der Waals surface area contributed by atoms with Gasteiger partial charge in [-0.25, -0.2) is 9.18 Å². The number of carboxylic acid groups (broad SMARTS) is 1. The van der Waals surface area contributed by atoms with Crippen LogP contribution in [0.25, 0.3) is 0 Å². The van der Waals surface area contributed by atoms with E-state index in [4.69, 9.17) is 20.9 Å². The summed E-state index contributed by atoms with van der Waals surface area (Å²) in [6.07, 6.45) is -2.75. The topological polar surface area (TPSA) is 90.4 Å². The largest absolute Gasteiger partial charge is 0.490 e. The molecule has 0 spiro atoms. The van der Waals surface area contributed by atoms with E-state index in [2.05, 4.69) is 4.90 Å². The minimum Gasteiger partial charge on any atom is -0.475 e. The summed E-state index contributed by atoms with van der Waals surface area (Å²) in [5.74, 6) is -3.11. The quantitative estimate of drug-likeness (QED) is 0.781. The highest BCUT2D eigenvalue weighted by molar-refractivity contribution is 7.10. The van der Waals surface area contributed by atoms with Crippen LogP contribution in [0.2, 0.25) is 0 Å². The number of carboxylic acids is 1. The normalized spacial score (nSPS) is 15.4. The first-order valence-corrected chi connectivity index (χ1v) is 7.94. The molecule has 1 aliphatic rings. The summed E-state index contributed by atoms with van der Waals surface area (Å²) in [5.41, 5.74) is 5.75. The van der Waals surface area contributed by atoms with Gasteiger partial charge in [0.25, 0.3) is 0 Å². The van der Waals surface area contributed by atoms with E-state index in [1.165, 1.54) is 24.2 Å². The molecule has 1 fully saturated rings. The third-order valence-electron chi connectivity index (χ3n) is 3.40. The number of rotatable bonds is 5. The lowest BCUT2D eigenvalue weighted by Crippen LogP contribution is -2.33. The summed E-state index contributed by atoms with van der Waals surface area (Å²) in [7, 11) is 0. The van der Waals surface area contributed by atoms with Gasteiger partial charge in [-0.15, -0.1) is 11.3 Å². The second-order valence-corrected chi connectivity index (χ2v) is 6.09. The monoisotopic (exact) mass is 367 g/mol. The van der Waals surface area contributed by atoms with Gasteiger partial charge in [0.05, 0.1) is 10.4 Å². The highest BCUT2D eigenvalue weighted by Crippen LogP contribution is 2.37. The van der Waals surface area contributed by atoms with Gasteiger partial charge in [-0.05, 0) is 19.8 Å². The zero-order valence-corrected chi connectivity index (χ0v) is 13.6. The SMILES string of the molecule is CC(c1scc(C#N)c1F)N(CCN)C1CC1.O=C(O)C(F)(F)F. The van der Waals surface area contributed by atoms with Crippen molar-refractivity contribution in [3.63, 3.8) is 0 Å². The van der Waals surface area contributed by atoms with Gasteiger partial charge in [-0.1, -0.05) is 0 Å². The lowest BCUT2D eigenvalue weighted by atomic mass is 10.2. The molecule has 2 rings (SSSR count). The van der Waals surface area contributed by atoms with Crippen LogP contribution < -0.4 is 5.73 Å². The van der Waals surface area contributed by atoms with Crippen molar-refractivity contribution in [2.24, 2.45) is 5.73 Å². The van der Waals surface area contributed by atoms with Crippen molar-refractivity contribution in [3.05, 3.63) is 21.6 Å². The van der Waals surface area contributed by atoms with Crippen molar-refractivity contribution < 1.29 is 27.5 Å². The van der Waals surface area contributed by atoms with Crippen LogP contribution in [-0.4, -0.2) is 41.3 Å². The fourth-order valence-corrected chi connectivity index (χ4v) is 3.06. The molecule has 1 atom stereocenters. The molecule has 1 unspecified atom stereocenters. The standard InChI is InChI=1S/C12H16FN3S.C2HF3O2/c1-8(16(5-4-14)10-2-3-10)12-11(13)9(6-15)7-17-12;3-2(4,5)1(6)7/h7-8,10H,2-5,14H2,1H3;(H,6,7). The Morgan fingerprint density at radius 1 is 1.58 bits per heavy atom. The minimum absolute atomic E-state index is 0.0122. The summed E-state index contributed by atoms with van der Waals surface area (Å²) in [5, 5.41) is 17.5. The van der Waals surface area contributed by atoms with E-state index in [0.717, 1.165) is 6.54 Å². The number of hydrogen-bond acceptors (Lipinski definition) is 5. The lowest BCUT2D eigenvalue weighted by molar-refractivity contribution is -0.192. The molecule has 1 aliphatic carbocycles. The molecular weight excluding hydrogens is 350 g/mol. The van der Waals surface area contributed by atoms with Gasteiger partial charge >= 0.3 is 12.1 Å². The van der Waals surface area contributed by atoms with E-state index in [1.54, 1.807) is 5.38 Å². The number of nitriles is 1. The Balaban J connectivity index is 0.000000351. The number of carbonyl (C=O) groups is 1. The van der Waals surface area contributed by atoms with Crippen LogP contribution in [0, 0.1) is 17.1 Å². The van der Waals surface area contributed by atoms with E-state index in [9.17, 15) is 17.6 Å². The van der Waals surface area contributed by atoms with Crippen LogP contribution in [0.4, 0.5) is 17.6 Å². The molecule has 1 heterocycles. The van der Waals surface area contributed by atoms with Gasteiger partial charge in [-0.3, -0.25) is 4.90 Å². The van der Waals surface area contributed by atoms with Crippen LogP contribution in [-0.2, 0) is 4.79 Å². The van der Waals surface area contributed by atoms with Crippen molar-refractivity contribution >= 4 is 17.3 Å². The van der Waals surface area contributed by atoms with Crippen molar-refractivity contribution in [1.82, 2.24) is 4.90 Å². The van der Waals surface area contributed by atoms with Gasteiger partial charge in [0.1, 0.15) is 6.07 Å². The minimum atomic E-state index is -5.08. The molecule has 1 aromatic heterocycles. The molecule has 5 nitrogen and oxygen atoms in total. The maximum Gasteiger partial charge on any atom is 0.490 e. The van der Waals surface area contributed by atoms with E-state index < -0.39 is 12.1 Å². The first-order valence-electron chi connectivity index (χ1n) is 7.06. The molecule has 0 aliphatic heterocycles. The number of thiophene rings is 1. The van der Waals surface area contributed by atoms with Gasteiger partial charge in [-0.2, -0.15) is 18.4 Å². The van der Waals surface area contributed by atoms with E-state index in [-0.39, 0.29) is 17.4 Å². The summed E-state index contributed by atoms with van der Waals surface area (Å²) in [4.78, 5) is 11.8. The first-order chi connectivity index (χ1) is 11.1. The number of nitrogens with two attached hydrogens (primary N) is 1.